The Morgan fingerprint density at radius 2 is 1.00 bits per heavy atom. The summed E-state index contributed by atoms with van der Waals surface area (Å²) in [5, 5.41) is 10.3. The average molecular weight is 934 g/mol. The standard InChI is InChI=1S/C44H21F18N3/c1-38-11-10-25(43(57,58)59)17-37(38)65(36-16-24(42(54,55)56)5-9-30(36)38)33-12-20(19-63)32(18-29(33)26-6-2-21(39(45,46)47)13-31(26)44(60,61)62)64-34-14-22(40(48,49)50)3-7-27(34)28-8-4-23(15-35(28)64)41(51,52)53/h2-18,37H,1H3. The van der Waals surface area contributed by atoms with Crippen LogP contribution in [0.25, 0.3) is 38.6 Å². The number of fused-ring (bicyclic) bond motifs is 6. The maximum absolute atomic E-state index is 15.1. The Morgan fingerprint density at radius 1 is 0.508 bits per heavy atom. The van der Waals surface area contributed by atoms with Crippen molar-refractivity contribution in [2.75, 3.05) is 4.90 Å². The second kappa shape index (κ2) is 14.2. The highest BCUT2D eigenvalue weighted by atomic mass is 19.4. The zero-order valence-electron chi connectivity index (χ0n) is 32.0. The number of benzene rings is 5. The van der Waals surface area contributed by atoms with Gasteiger partial charge in [0.05, 0.1) is 67.4 Å². The zero-order chi connectivity index (χ0) is 47.8. The highest BCUT2D eigenvalue weighted by Crippen LogP contribution is 2.57. The molecule has 2 atom stereocenters. The van der Waals surface area contributed by atoms with Crippen LogP contribution in [0.4, 0.5) is 90.4 Å². The molecule has 0 fully saturated rings. The average Bonchev–Trinajstić information content (AvgIpc) is 3.65. The van der Waals surface area contributed by atoms with Gasteiger partial charge < -0.3 is 9.47 Å². The van der Waals surface area contributed by atoms with Gasteiger partial charge in [0.2, 0.25) is 0 Å². The number of nitrogens with zero attached hydrogens (tertiary/aromatic N) is 3. The van der Waals surface area contributed by atoms with Crippen molar-refractivity contribution in [2.24, 2.45) is 0 Å². The van der Waals surface area contributed by atoms with Crippen LogP contribution in [0.1, 0.15) is 45.9 Å². The molecule has 8 rings (SSSR count). The van der Waals surface area contributed by atoms with Gasteiger partial charge in [-0.3, -0.25) is 0 Å². The Balaban J connectivity index is 1.57. The third kappa shape index (κ3) is 7.49. The molecule has 0 saturated heterocycles. The number of hydrogen-bond acceptors (Lipinski definition) is 2. The smallest absolute Gasteiger partial charge is 0.332 e. The van der Waals surface area contributed by atoms with Gasteiger partial charge in [-0.15, -0.1) is 0 Å². The maximum atomic E-state index is 15.1. The number of alkyl halides is 18. The molecule has 338 valence electrons. The van der Waals surface area contributed by atoms with Crippen molar-refractivity contribution >= 4 is 33.2 Å². The van der Waals surface area contributed by atoms with Gasteiger partial charge in [-0.05, 0) is 84.8 Å². The van der Waals surface area contributed by atoms with Crippen molar-refractivity contribution in [3.05, 3.63) is 148 Å². The highest BCUT2D eigenvalue weighted by molar-refractivity contribution is 6.10. The fourth-order valence-electron chi connectivity index (χ4n) is 8.42. The van der Waals surface area contributed by atoms with E-state index in [0.717, 1.165) is 29.2 Å². The number of nitriles is 1. The monoisotopic (exact) mass is 933 g/mol. The van der Waals surface area contributed by atoms with Crippen molar-refractivity contribution in [3.8, 4) is 22.9 Å². The van der Waals surface area contributed by atoms with Crippen LogP contribution in [-0.2, 0) is 36.3 Å². The van der Waals surface area contributed by atoms with Crippen LogP contribution in [0, 0.1) is 11.3 Å². The van der Waals surface area contributed by atoms with Crippen LogP contribution in [0.3, 0.4) is 0 Å². The topological polar surface area (TPSA) is 32.0 Å². The van der Waals surface area contributed by atoms with Crippen LogP contribution in [0.15, 0.2) is 109 Å². The van der Waals surface area contributed by atoms with E-state index in [4.69, 9.17) is 0 Å². The largest absolute Gasteiger partial charge is 0.417 e. The Kier molecular flexibility index (Phi) is 9.83. The lowest BCUT2D eigenvalue weighted by atomic mass is 9.74. The van der Waals surface area contributed by atoms with Crippen LogP contribution in [0.5, 0.6) is 0 Å². The third-order valence-corrected chi connectivity index (χ3v) is 11.4. The van der Waals surface area contributed by atoms with Crippen LogP contribution in [0.2, 0.25) is 0 Å². The lowest BCUT2D eigenvalue weighted by Gasteiger charge is -2.37. The Morgan fingerprint density at radius 3 is 1.49 bits per heavy atom. The first-order chi connectivity index (χ1) is 29.8. The van der Waals surface area contributed by atoms with Crippen molar-refractivity contribution in [1.29, 1.82) is 5.26 Å². The molecule has 0 bridgehead atoms. The summed E-state index contributed by atoms with van der Waals surface area (Å²) in [6.45, 7) is 1.27. The molecule has 21 heteroatoms. The number of anilines is 2. The van der Waals surface area contributed by atoms with E-state index in [-0.39, 0.29) is 34.5 Å². The minimum atomic E-state index is -5.73. The van der Waals surface area contributed by atoms with E-state index in [0.29, 0.717) is 65.3 Å². The minimum Gasteiger partial charge on any atom is -0.332 e. The molecule has 3 nitrogen and oxygen atoms in total. The first-order valence-electron chi connectivity index (χ1n) is 18.4. The molecule has 1 aromatic heterocycles. The van der Waals surface area contributed by atoms with Crippen molar-refractivity contribution in [2.45, 2.75) is 55.4 Å². The van der Waals surface area contributed by atoms with Crippen molar-refractivity contribution < 1.29 is 79.0 Å². The molecule has 0 radical (unpaired) electrons. The van der Waals surface area contributed by atoms with E-state index in [1.807, 2.05) is 0 Å². The Labute approximate surface area is 352 Å². The van der Waals surface area contributed by atoms with E-state index >= 15 is 13.2 Å². The summed E-state index contributed by atoms with van der Waals surface area (Å²) in [6.07, 6.45) is -29.6. The summed E-state index contributed by atoms with van der Waals surface area (Å²) >= 11 is 0. The van der Waals surface area contributed by atoms with E-state index < -0.39 is 127 Å². The van der Waals surface area contributed by atoms with Gasteiger partial charge in [0, 0.05) is 27.4 Å². The predicted octanol–water partition coefficient (Wildman–Crippen LogP) is 15.3. The van der Waals surface area contributed by atoms with Crippen LogP contribution in [-0.4, -0.2) is 16.8 Å². The first-order valence-corrected chi connectivity index (χ1v) is 18.4. The molecule has 0 N–H and O–H groups in total. The molecular formula is C44H21F18N3. The molecule has 1 aliphatic carbocycles. The quantitative estimate of drug-likeness (QED) is 0.166. The fraction of sp³-hybridized carbons (Fsp3) is 0.205. The second-order valence-electron chi connectivity index (χ2n) is 15.3. The molecule has 6 aromatic rings. The maximum Gasteiger partial charge on any atom is 0.417 e. The molecular weight excluding hydrogens is 912 g/mol. The molecule has 65 heavy (non-hydrogen) atoms. The number of hydrogen-bond donors (Lipinski definition) is 0. The van der Waals surface area contributed by atoms with Crippen LogP contribution < -0.4 is 4.90 Å². The van der Waals surface area contributed by atoms with E-state index in [1.54, 1.807) is 6.07 Å². The van der Waals surface area contributed by atoms with Gasteiger partial charge in [0.25, 0.3) is 0 Å². The van der Waals surface area contributed by atoms with Gasteiger partial charge in [0.15, 0.2) is 0 Å². The normalized spacial score (nSPS) is 18.3. The number of aromatic nitrogens is 1. The summed E-state index contributed by atoms with van der Waals surface area (Å²) in [4.78, 5) is 0.729. The van der Waals surface area contributed by atoms with Gasteiger partial charge in [0.1, 0.15) is 6.07 Å². The van der Waals surface area contributed by atoms with Gasteiger partial charge in [-0.1, -0.05) is 36.4 Å². The van der Waals surface area contributed by atoms with Gasteiger partial charge in [-0.25, -0.2) is 0 Å². The number of halogens is 18. The molecule has 2 aliphatic rings. The summed E-state index contributed by atoms with van der Waals surface area (Å²) in [5.74, 6) is 0. The molecule has 0 saturated carbocycles. The zero-order valence-corrected chi connectivity index (χ0v) is 32.0. The van der Waals surface area contributed by atoms with Crippen molar-refractivity contribution in [3.63, 3.8) is 0 Å². The van der Waals surface area contributed by atoms with E-state index in [9.17, 15) is 71.1 Å². The molecule has 1 aliphatic heterocycles. The molecule has 5 aromatic carbocycles. The Bertz CT molecular complexity index is 2980. The van der Waals surface area contributed by atoms with Gasteiger partial charge >= 0.3 is 37.1 Å². The molecule has 0 spiro atoms. The molecule has 0 amide bonds. The van der Waals surface area contributed by atoms with Crippen LogP contribution >= 0.6 is 0 Å². The second-order valence-corrected chi connectivity index (χ2v) is 15.3. The highest BCUT2D eigenvalue weighted by Gasteiger charge is 2.51. The van der Waals surface area contributed by atoms with E-state index in [2.05, 4.69) is 0 Å². The number of allylic oxidation sites excluding steroid dienone is 2. The van der Waals surface area contributed by atoms with Crippen molar-refractivity contribution in [1.82, 2.24) is 4.57 Å². The number of rotatable bonds is 3. The van der Waals surface area contributed by atoms with E-state index in [1.165, 1.54) is 6.92 Å². The lowest BCUT2D eigenvalue weighted by Crippen LogP contribution is -2.41. The fourth-order valence-corrected chi connectivity index (χ4v) is 8.42. The SMILES string of the molecule is CC12C=CC(C(F)(F)F)=CC1N(c1cc(C#N)c(-n3c4cc(C(F)(F)F)ccc4c4ccc(C(F)(F)F)cc43)cc1-c1ccc(C(F)(F)F)cc1C(F)(F)F)c1cc(C(F)(F)F)ccc12. The minimum absolute atomic E-state index is 0.136. The summed E-state index contributed by atoms with van der Waals surface area (Å²) in [7, 11) is 0. The third-order valence-electron chi connectivity index (χ3n) is 11.4. The summed E-state index contributed by atoms with van der Waals surface area (Å²) in [6, 6.07) is 6.91. The molecule has 2 unspecified atom stereocenters. The summed E-state index contributed by atoms with van der Waals surface area (Å²) < 4.78 is 259. The van der Waals surface area contributed by atoms with Gasteiger partial charge in [-0.2, -0.15) is 84.3 Å². The lowest BCUT2D eigenvalue weighted by molar-refractivity contribution is -0.143. The molecule has 2 heterocycles. The Hall–Kier alpha value is -6.59. The predicted molar refractivity (Wildman–Crippen MR) is 199 cm³/mol. The summed E-state index contributed by atoms with van der Waals surface area (Å²) in [5.41, 5.74) is -17.8. The first kappa shape index (κ1) is 45.0.